The van der Waals surface area contributed by atoms with Crippen molar-refractivity contribution in [2.75, 3.05) is 27.9 Å². The molecule has 0 fully saturated rings. The molecule has 0 saturated carbocycles. The van der Waals surface area contributed by atoms with Crippen LogP contribution in [0.25, 0.3) is 0 Å². The first-order chi connectivity index (χ1) is 10.8. The summed E-state index contributed by atoms with van der Waals surface area (Å²) in [4.78, 5) is 4.03. The van der Waals surface area contributed by atoms with Crippen molar-refractivity contribution in [1.82, 2.24) is 14.9 Å². The van der Waals surface area contributed by atoms with Crippen LogP contribution in [0.15, 0.2) is 30.9 Å². The molecule has 0 aliphatic carbocycles. The minimum atomic E-state index is 0. The summed E-state index contributed by atoms with van der Waals surface area (Å²) in [5.74, 6) is 2.17. The first kappa shape index (κ1) is 19.1. The van der Waals surface area contributed by atoms with E-state index in [1.165, 1.54) is 0 Å². The predicted octanol–water partition coefficient (Wildman–Crippen LogP) is -0.907. The summed E-state index contributed by atoms with van der Waals surface area (Å²) in [6, 6.07) is 3.79. The third-order valence-corrected chi connectivity index (χ3v) is 3.43. The molecule has 1 aromatic heterocycles. The third kappa shape index (κ3) is 5.33. The van der Waals surface area contributed by atoms with Crippen LogP contribution in [0.4, 0.5) is 0 Å². The number of aromatic nitrogens is 2. The van der Waals surface area contributed by atoms with E-state index in [0.29, 0.717) is 18.0 Å². The Kier molecular flexibility index (Phi) is 8.29. The van der Waals surface area contributed by atoms with Crippen molar-refractivity contribution < 1.29 is 26.6 Å². The van der Waals surface area contributed by atoms with E-state index < -0.39 is 0 Å². The highest BCUT2D eigenvalue weighted by atomic mass is 35.5. The largest absolute Gasteiger partial charge is 1.00 e. The van der Waals surface area contributed by atoms with Crippen LogP contribution in [-0.4, -0.2) is 37.4 Å². The van der Waals surface area contributed by atoms with E-state index in [-0.39, 0.29) is 12.4 Å². The fraction of sp³-hybridized carbons (Fsp3) is 0.438. The topological polar surface area (TPSA) is 57.5 Å². The van der Waals surface area contributed by atoms with Gasteiger partial charge in [0.1, 0.15) is 5.75 Å². The number of methoxy groups -OCH3 is 3. The van der Waals surface area contributed by atoms with Gasteiger partial charge >= 0.3 is 0 Å². The van der Waals surface area contributed by atoms with E-state index in [1.54, 1.807) is 27.5 Å². The maximum Gasteiger partial charge on any atom is 0.164 e. The van der Waals surface area contributed by atoms with Gasteiger partial charge < -0.3 is 36.5 Å². The van der Waals surface area contributed by atoms with Gasteiger partial charge in [-0.25, -0.2) is 4.98 Å². The van der Waals surface area contributed by atoms with Crippen molar-refractivity contribution in [3.63, 3.8) is 0 Å². The Balaban J connectivity index is 0.00000264. The fourth-order valence-corrected chi connectivity index (χ4v) is 2.26. The van der Waals surface area contributed by atoms with Crippen LogP contribution in [0.5, 0.6) is 17.2 Å². The number of halogens is 1. The molecular weight excluding hydrogens is 318 g/mol. The Hall–Kier alpha value is -1.92. The van der Waals surface area contributed by atoms with Crippen LogP contribution in [0.1, 0.15) is 12.0 Å². The molecule has 6 nitrogen and oxygen atoms in total. The Morgan fingerprint density at radius 3 is 2.35 bits per heavy atom. The molecule has 7 heteroatoms. The van der Waals surface area contributed by atoms with Gasteiger partial charge in [0.25, 0.3) is 0 Å². The van der Waals surface area contributed by atoms with E-state index in [1.807, 2.05) is 24.7 Å². The molecular formula is C16H23ClN3O3-. The quantitative estimate of drug-likeness (QED) is 0.599. The zero-order chi connectivity index (χ0) is 15.8. The SMILES string of the molecule is COc1cc(OC)c(OC)cc1CNCCCn1ccnc1.[Cl-]. The second-order valence-electron chi connectivity index (χ2n) is 4.85. The summed E-state index contributed by atoms with van der Waals surface area (Å²) in [6.45, 7) is 2.58. The highest BCUT2D eigenvalue weighted by Gasteiger charge is 2.11. The summed E-state index contributed by atoms with van der Waals surface area (Å²) in [5.41, 5.74) is 1.04. The van der Waals surface area contributed by atoms with Gasteiger partial charge in [-0.15, -0.1) is 0 Å². The van der Waals surface area contributed by atoms with Crippen LogP contribution in [0, 0.1) is 0 Å². The Morgan fingerprint density at radius 2 is 1.74 bits per heavy atom. The highest BCUT2D eigenvalue weighted by Crippen LogP contribution is 2.34. The van der Waals surface area contributed by atoms with E-state index >= 15 is 0 Å². The van der Waals surface area contributed by atoms with Crippen LogP contribution in [-0.2, 0) is 13.1 Å². The molecule has 0 aliphatic rings. The average molecular weight is 341 g/mol. The Morgan fingerprint density at radius 1 is 1.04 bits per heavy atom. The van der Waals surface area contributed by atoms with Gasteiger partial charge in [-0.1, -0.05) is 0 Å². The molecule has 0 bridgehead atoms. The monoisotopic (exact) mass is 340 g/mol. The molecule has 128 valence electrons. The number of ether oxygens (including phenoxy) is 3. The van der Waals surface area contributed by atoms with E-state index in [2.05, 4.69) is 14.9 Å². The van der Waals surface area contributed by atoms with Crippen molar-refractivity contribution in [3.05, 3.63) is 36.4 Å². The molecule has 23 heavy (non-hydrogen) atoms. The van der Waals surface area contributed by atoms with Gasteiger partial charge in [-0.2, -0.15) is 0 Å². The van der Waals surface area contributed by atoms with Crippen molar-refractivity contribution in [2.45, 2.75) is 19.5 Å². The predicted molar refractivity (Wildman–Crippen MR) is 84.6 cm³/mol. The minimum absolute atomic E-state index is 0. The van der Waals surface area contributed by atoms with Crippen LogP contribution >= 0.6 is 0 Å². The molecule has 2 aromatic rings. The number of hydrogen-bond acceptors (Lipinski definition) is 5. The fourth-order valence-electron chi connectivity index (χ4n) is 2.26. The summed E-state index contributed by atoms with van der Waals surface area (Å²) >= 11 is 0. The number of imidazole rings is 1. The van der Waals surface area contributed by atoms with Gasteiger partial charge in [-0.05, 0) is 19.0 Å². The summed E-state index contributed by atoms with van der Waals surface area (Å²) in [5, 5.41) is 3.42. The molecule has 0 radical (unpaired) electrons. The standard InChI is InChI=1S/C16H23N3O3.ClH/c1-20-14-10-16(22-3)15(21-2)9-13(14)11-17-5-4-7-19-8-6-18-12-19;/h6,8-10,12,17H,4-5,7,11H2,1-3H3;1H/p-1. The number of rotatable bonds is 9. The first-order valence-electron chi connectivity index (χ1n) is 7.23. The lowest BCUT2D eigenvalue weighted by Crippen LogP contribution is -3.00. The number of nitrogens with one attached hydrogen (secondary N) is 1. The lowest BCUT2D eigenvalue weighted by Gasteiger charge is -2.14. The number of aryl methyl sites for hydroxylation is 1. The summed E-state index contributed by atoms with van der Waals surface area (Å²) in [6.07, 6.45) is 6.63. The van der Waals surface area contributed by atoms with Gasteiger partial charge in [0.2, 0.25) is 0 Å². The number of nitrogens with zero attached hydrogens (tertiary/aromatic N) is 2. The third-order valence-electron chi connectivity index (χ3n) is 3.43. The number of benzene rings is 1. The Bertz CT molecular complexity index is 576. The molecule has 1 aromatic carbocycles. The molecule has 1 heterocycles. The van der Waals surface area contributed by atoms with Crippen molar-refractivity contribution in [1.29, 1.82) is 0 Å². The Labute approximate surface area is 143 Å². The van der Waals surface area contributed by atoms with Gasteiger partial charge in [0.05, 0.1) is 27.7 Å². The van der Waals surface area contributed by atoms with Gasteiger partial charge in [0, 0.05) is 37.1 Å². The van der Waals surface area contributed by atoms with Crippen molar-refractivity contribution >= 4 is 0 Å². The average Bonchev–Trinajstić information content (AvgIpc) is 3.07. The maximum absolute atomic E-state index is 5.42. The van der Waals surface area contributed by atoms with E-state index in [9.17, 15) is 0 Å². The first-order valence-corrected chi connectivity index (χ1v) is 7.23. The van der Waals surface area contributed by atoms with E-state index in [0.717, 1.165) is 30.8 Å². The normalized spacial score (nSPS) is 10.0. The molecule has 0 saturated heterocycles. The second kappa shape index (κ2) is 9.97. The van der Waals surface area contributed by atoms with Crippen molar-refractivity contribution in [2.24, 2.45) is 0 Å². The lowest BCUT2D eigenvalue weighted by atomic mass is 10.1. The molecule has 0 unspecified atom stereocenters. The second-order valence-corrected chi connectivity index (χ2v) is 4.85. The minimum Gasteiger partial charge on any atom is -1.00 e. The van der Waals surface area contributed by atoms with Gasteiger partial charge in [-0.3, -0.25) is 0 Å². The molecule has 1 N–H and O–H groups in total. The summed E-state index contributed by atoms with van der Waals surface area (Å²) in [7, 11) is 4.90. The van der Waals surface area contributed by atoms with E-state index in [4.69, 9.17) is 14.2 Å². The van der Waals surface area contributed by atoms with Crippen molar-refractivity contribution in [3.8, 4) is 17.2 Å². The van der Waals surface area contributed by atoms with Gasteiger partial charge in [0.15, 0.2) is 11.5 Å². The molecule has 0 atom stereocenters. The molecule has 0 aliphatic heterocycles. The molecule has 2 rings (SSSR count). The zero-order valence-electron chi connectivity index (χ0n) is 13.7. The van der Waals surface area contributed by atoms with Crippen LogP contribution in [0.3, 0.4) is 0 Å². The number of hydrogen-bond donors (Lipinski definition) is 1. The lowest BCUT2D eigenvalue weighted by molar-refractivity contribution is -0.00000550. The maximum atomic E-state index is 5.42. The van der Waals surface area contributed by atoms with Crippen LogP contribution < -0.4 is 31.9 Å². The molecule has 0 amide bonds. The molecule has 0 spiro atoms. The summed E-state index contributed by atoms with van der Waals surface area (Å²) < 4.78 is 18.1. The van der Waals surface area contributed by atoms with Crippen LogP contribution in [0.2, 0.25) is 0 Å². The highest BCUT2D eigenvalue weighted by molar-refractivity contribution is 5.50. The zero-order valence-corrected chi connectivity index (χ0v) is 14.5. The smallest absolute Gasteiger partial charge is 0.164 e.